The van der Waals surface area contributed by atoms with E-state index in [1.165, 1.54) is 44.9 Å². The maximum atomic E-state index is 2.49. The van der Waals surface area contributed by atoms with Crippen molar-refractivity contribution in [2.75, 3.05) is 24.6 Å². The summed E-state index contributed by atoms with van der Waals surface area (Å²) in [6.07, 6.45) is 16.5. The molecule has 0 fully saturated rings. The van der Waals surface area contributed by atoms with E-state index >= 15 is 0 Å². The summed E-state index contributed by atoms with van der Waals surface area (Å²) in [5.74, 6) is 0.974. The predicted octanol–water partition coefficient (Wildman–Crippen LogP) is 6.18. The van der Waals surface area contributed by atoms with Gasteiger partial charge in [-0.25, -0.2) is 0 Å². The van der Waals surface area contributed by atoms with Crippen LogP contribution < -0.4 is 0 Å². The molecule has 0 aliphatic carbocycles. The van der Waals surface area contributed by atoms with Crippen LogP contribution in [-0.2, 0) is 0 Å². The molecule has 0 heterocycles. The van der Waals surface area contributed by atoms with Gasteiger partial charge in [0, 0.05) is 0 Å². The predicted molar refractivity (Wildman–Crippen MR) is 92.0 cm³/mol. The fourth-order valence-electron chi connectivity index (χ4n) is 3.22. The molecule has 0 saturated carbocycles. The molecule has 1 heteroatoms. The van der Waals surface area contributed by atoms with Crippen LogP contribution in [0, 0.1) is 5.92 Å². The molecule has 0 N–H and O–H groups in total. The zero-order chi connectivity index (χ0) is 13.9. The summed E-state index contributed by atoms with van der Waals surface area (Å²) in [5.41, 5.74) is 0. The number of unbranched alkanes of at least 4 members (excludes halogenated alkanes) is 3. The van der Waals surface area contributed by atoms with Gasteiger partial charge in [0.25, 0.3) is 0 Å². The third kappa shape index (κ3) is 7.78. The van der Waals surface area contributed by atoms with Crippen LogP contribution in [0.25, 0.3) is 0 Å². The first kappa shape index (κ1) is 18.4. The number of rotatable bonds is 12. The molecule has 0 aromatic rings. The molecule has 0 nitrogen and oxygen atoms in total. The van der Waals surface area contributed by atoms with E-state index in [9.17, 15) is 0 Å². The van der Waals surface area contributed by atoms with Gasteiger partial charge in [0.1, 0.15) is 0 Å². The fourth-order valence-corrected chi connectivity index (χ4v) is 9.66. The van der Waals surface area contributed by atoms with E-state index in [1.807, 2.05) is 0 Å². The van der Waals surface area contributed by atoms with Crippen molar-refractivity contribution in [3.63, 3.8) is 0 Å². The minimum absolute atomic E-state index is 0.942. The average Bonchev–Trinajstić information content (AvgIpc) is 2.40. The fraction of sp³-hybridized carbons (Fsp3) is 1.00. The monoisotopic (exact) mass is 274 g/mol. The summed E-state index contributed by atoms with van der Waals surface area (Å²) < 4.78 is 0. The molecule has 112 valence electrons. The SMILES string of the molecule is CCCC[PH](CCCC)(CCCC)CC(C)CC. The van der Waals surface area contributed by atoms with Crippen LogP contribution in [0.3, 0.4) is 0 Å². The second-order valence-electron chi connectivity index (χ2n) is 6.53. The van der Waals surface area contributed by atoms with Crippen LogP contribution in [0.4, 0.5) is 0 Å². The van der Waals surface area contributed by atoms with Gasteiger partial charge in [0.2, 0.25) is 0 Å². The van der Waals surface area contributed by atoms with Crippen molar-refractivity contribution < 1.29 is 0 Å². The molecular weight excluding hydrogens is 235 g/mol. The van der Waals surface area contributed by atoms with Crippen LogP contribution in [-0.4, -0.2) is 24.6 Å². The first-order valence-electron chi connectivity index (χ1n) is 8.64. The van der Waals surface area contributed by atoms with Crippen LogP contribution in [0.5, 0.6) is 0 Å². The van der Waals surface area contributed by atoms with Crippen LogP contribution in [0.2, 0.25) is 0 Å². The van der Waals surface area contributed by atoms with Crippen molar-refractivity contribution in [2.45, 2.75) is 79.6 Å². The van der Waals surface area contributed by atoms with Gasteiger partial charge in [0.15, 0.2) is 0 Å². The van der Waals surface area contributed by atoms with E-state index in [4.69, 9.17) is 0 Å². The van der Waals surface area contributed by atoms with E-state index in [-0.39, 0.29) is 0 Å². The Labute approximate surface area is 118 Å². The Morgan fingerprint density at radius 1 is 0.722 bits per heavy atom. The van der Waals surface area contributed by atoms with E-state index in [1.54, 1.807) is 24.6 Å². The molecule has 0 spiro atoms. The van der Waals surface area contributed by atoms with E-state index in [0.29, 0.717) is 0 Å². The maximum absolute atomic E-state index is 2.49. The summed E-state index contributed by atoms with van der Waals surface area (Å²) in [6.45, 7) is 12.0. The second-order valence-corrected chi connectivity index (χ2v) is 11.4. The van der Waals surface area contributed by atoms with Crippen LogP contribution >= 0.6 is 7.26 Å². The summed E-state index contributed by atoms with van der Waals surface area (Å²) in [5, 5.41) is 0. The van der Waals surface area contributed by atoms with Gasteiger partial charge in [-0.2, -0.15) is 0 Å². The number of hydrogen-bond acceptors (Lipinski definition) is 0. The Morgan fingerprint density at radius 2 is 1.11 bits per heavy atom. The van der Waals surface area contributed by atoms with Gasteiger partial charge >= 0.3 is 117 Å². The van der Waals surface area contributed by atoms with E-state index in [2.05, 4.69) is 34.6 Å². The van der Waals surface area contributed by atoms with Gasteiger partial charge < -0.3 is 0 Å². The third-order valence-corrected chi connectivity index (χ3v) is 10.5. The molecule has 0 aliphatic heterocycles. The quantitative estimate of drug-likeness (QED) is 0.373. The Balaban J connectivity index is 4.61. The van der Waals surface area contributed by atoms with E-state index < -0.39 is 7.26 Å². The first-order valence-corrected chi connectivity index (χ1v) is 11.5. The normalized spacial score (nSPS) is 14.7. The van der Waals surface area contributed by atoms with Gasteiger partial charge in [-0.15, -0.1) is 0 Å². The zero-order valence-electron chi connectivity index (χ0n) is 13.9. The Kier molecular flexibility index (Phi) is 11.5. The summed E-state index contributed by atoms with van der Waals surface area (Å²) >= 11 is 0. The zero-order valence-corrected chi connectivity index (χ0v) is 14.9. The third-order valence-electron chi connectivity index (χ3n) is 4.66. The molecule has 0 amide bonds. The van der Waals surface area contributed by atoms with Crippen molar-refractivity contribution in [3.05, 3.63) is 0 Å². The summed E-state index contributed by atoms with van der Waals surface area (Å²) in [4.78, 5) is 0. The Morgan fingerprint density at radius 3 is 1.39 bits per heavy atom. The van der Waals surface area contributed by atoms with Crippen molar-refractivity contribution in [1.82, 2.24) is 0 Å². The molecule has 0 radical (unpaired) electrons. The second kappa shape index (κ2) is 11.3. The first-order chi connectivity index (χ1) is 8.64. The average molecular weight is 274 g/mol. The van der Waals surface area contributed by atoms with Crippen molar-refractivity contribution >= 4 is 7.26 Å². The van der Waals surface area contributed by atoms with E-state index in [0.717, 1.165) is 5.92 Å². The molecule has 0 aromatic carbocycles. The molecule has 0 saturated heterocycles. The van der Waals surface area contributed by atoms with Gasteiger partial charge in [-0.3, -0.25) is 0 Å². The topological polar surface area (TPSA) is 0 Å². The molecule has 18 heavy (non-hydrogen) atoms. The molecule has 0 bridgehead atoms. The Bertz CT molecular complexity index is 155. The molecule has 1 unspecified atom stereocenters. The molecule has 1 atom stereocenters. The van der Waals surface area contributed by atoms with Crippen LogP contribution in [0.15, 0.2) is 0 Å². The van der Waals surface area contributed by atoms with Crippen molar-refractivity contribution in [2.24, 2.45) is 5.92 Å². The van der Waals surface area contributed by atoms with Crippen molar-refractivity contribution in [1.29, 1.82) is 0 Å². The molecule has 0 aromatic heterocycles. The number of hydrogen-bond donors (Lipinski definition) is 0. The van der Waals surface area contributed by atoms with Gasteiger partial charge in [-0.1, -0.05) is 0 Å². The standard InChI is InChI=1S/C17H39P/c1-6-10-13-18(14-11-7-2,15-12-8-3)16-17(5)9-4/h17-18H,6-16H2,1-5H3. The molecule has 0 rings (SSSR count). The van der Waals surface area contributed by atoms with Gasteiger partial charge in [-0.05, 0) is 0 Å². The van der Waals surface area contributed by atoms with Crippen molar-refractivity contribution in [3.8, 4) is 0 Å². The molecular formula is C17H39P. The van der Waals surface area contributed by atoms with Gasteiger partial charge in [0.05, 0.1) is 0 Å². The minimum atomic E-state index is -0.942. The Hall–Kier alpha value is 0.430. The van der Waals surface area contributed by atoms with Crippen LogP contribution in [0.1, 0.15) is 79.6 Å². The summed E-state index contributed by atoms with van der Waals surface area (Å²) in [7, 11) is -0.942. The summed E-state index contributed by atoms with van der Waals surface area (Å²) in [6, 6.07) is 0. The molecule has 0 aliphatic rings.